The Labute approximate surface area is 144 Å². The number of imidazole rings is 1. The van der Waals surface area contributed by atoms with Gasteiger partial charge in [-0.2, -0.15) is 0 Å². The molecule has 124 valence electrons. The number of nitrogens with one attached hydrogen (secondary N) is 2. The second kappa shape index (κ2) is 5.98. The molecule has 0 amide bonds. The Bertz CT molecular complexity index is 953. The smallest absolute Gasteiger partial charge is 0.326 e. The van der Waals surface area contributed by atoms with Gasteiger partial charge < -0.3 is 10.3 Å². The van der Waals surface area contributed by atoms with Gasteiger partial charge in [-0.25, -0.2) is 9.78 Å². The average molecular weight is 343 g/mol. The first-order valence-electron chi connectivity index (χ1n) is 8.25. The maximum Gasteiger partial charge on any atom is 0.326 e. The number of hydrogen-bond donors (Lipinski definition) is 2. The fourth-order valence-electron chi connectivity index (χ4n) is 3.49. The normalized spacial score (nSPS) is 15.2. The predicted octanol–water partition coefficient (Wildman–Crippen LogP) is 4.55. The number of benzene rings is 1. The second-order valence-electron chi connectivity index (χ2n) is 6.41. The molecule has 0 aliphatic heterocycles. The molecule has 0 unspecified atom stereocenters. The number of anilines is 2. The molecule has 1 aliphatic rings. The van der Waals surface area contributed by atoms with Crippen molar-refractivity contribution in [1.82, 2.24) is 14.5 Å². The molecule has 2 N–H and O–H groups in total. The summed E-state index contributed by atoms with van der Waals surface area (Å²) in [4.78, 5) is 19.7. The van der Waals surface area contributed by atoms with Crippen LogP contribution in [0, 0.1) is 6.92 Å². The Hall–Kier alpha value is -2.27. The van der Waals surface area contributed by atoms with Gasteiger partial charge in [-0.3, -0.25) is 4.57 Å². The van der Waals surface area contributed by atoms with E-state index in [4.69, 9.17) is 11.6 Å². The van der Waals surface area contributed by atoms with Crippen LogP contribution < -0.4 is 11.0 Å². The maximum atomic E-state index is 12.3. The van der Waals surface area contributed by atoms with Crippen LogP contribution in [-0.2, 0) is 0 Å². The largest absolute Gasteiger partial charge is 0.340 e. The Balaban J connectivity index is 1.76. The van der Waals surface area contributed by atoms with E-state index in [1.54, 1.807) is 6.20 Å². The summed E-state index contributed by atoms with van der Waals surface area (Å²) in [5.74, 6) is 0.707. The maximum absolute atomic E-state index is 12.3. The third-order valence-electron chi connectivity index (χ3n) is 4.75. The Morgan fingerprint density at radius 2 is 2.08 bits per heavy atom. The van der Waals surface area contributed by atoms with Crippen molar-refractivity contribution >= 4 is 34.1 Å². The number of hydrogen-bond acceptors (Lipinski definition) is 3. The lowest BCUT2D eigenvalue weighted by atomic mass is 10.2. The third kappa shape index (κ3) is 2.69. The quantitative estimate of drug-likeness (QED) is 0.734. The number of halogens is 1. The van der Waals surface area contributed by atoms with Crippen LogP contribution in [0.15, 0.2) is 35.3 Å². The lowest BCUT2D eigenvalue weighted by molar-refractivity contribution is 0.518. The van der Waals surface area contributed by atoms with E-state index in [-0.39, 0.29) is 11.7 Å². The molecule has 24 heavy (non-hydrogen) atoms. The van der Waals surface area contributed by atoms with E-state index >= 15 is 0 Å². The van der Waals surface area contributed by atoms with E-state index in [1.165, 1.54) is 12.8 Å². The molecule has 1 fully saturated rings. The molecule has 5 nitrogen and oxygen atoms in total. The van der Waals surface area contributed by atoms with Gasteiger partial charge in [0.2, 0.25) is 0 Å². The van der Waals surface area contributed by atoms with Gasteiger partial charge in [-0.05, 0) is 37.5 Å². The van der Waals surface area contributed by atoms with Crippen LogP contribution in [0.25, 0.3) is 11.0 Å². The molecular weight excluding hydrogens is 324 g/mol. The fourth-order valence-corrected chi connectivity index (χ4v) is 3.66. The van der Waals surface area contributed by atoms with Crippen molar-refractivity contribution in [2.75, 3.05) is 5.32 Å². The van der Waals surface area contributed by atoms with Gasteiger partial charge in [-0.1, -0.05) is 30.5 Å². The molecular formula is C18H19ClN4O. The summed E-state index contributed by atoms with van der Waals surface area (Å²) >= 11 is 6.08. The van der Waals surface area contributed by atoms with Gasteiger partial charge in [0.25, 0.3) is 0 Å². The van der Waals surface area contributed by atoms with Gasteiger partial charge >= 0.3 is 5.69 Å². The summed E-state index contributed by atoms with van der Waals surface area (Å²) in [7, 11) is 0. The topological polar surface area (TPSA) is 62.7 Å². The molecule has 0 spiro atoms. The second-order valence-corrected chi connectivity index (χ2v) is 6.85. The highest BCUT2D eigenvalue weighted by atomic mass is 35.5. The number of pyridine rings is 1. The van der Waals surface area contributed by atoms with Crippen LogP contribution in [0.1, 0.15) is 37.3 Å². The molecule has 2 aromatic heterocycles. The molecule has 0 saturated heterocycles. The minimum Gasteiger partial charge on any atom is -0.340 e. The van der Waals surface area contributed by atoms with Crippen LogP contribution in [0.2, 0.25) is 5.02 Å². The van der Waals surface area contributed by atoms with E-state index in [9.17, 15) is 4.79 Å². The molecule has 0 bridgehead atoms. The number of rotatable bonds is 3. The minimum atomic E-state index is -0.0465. The van der Waals surface area contributed by atoms with Crippen LogP contribution in [-0.4, -0.2) is 14.5 Å². The minimum absolute atomic E-state index is 0.0465. The van der Waals surface area contributed by atoms with Crippen molar-refractivity contribution in [3.63, 3.8) is 0 Å². The van der Waals surface area contributed by atoms with Crippen molar-refractivity contribution < 1.29 is 0 Å². The SMILES string of the molecule is Cc1ccc(Cl)cc1Nc1cc2c(cn1)[nH]c(=O)n2C1CCCC1. The number of fused-ring (bicyclic) bond motifs is 1. The van der Waals surface area contributed by atoms with Gasteiger partial charge in [0.05, 0.1) is 17.2 Å². The standard InChI is InChI=1S/C18H19ClN4O/c1-11-6-7-12(19)8-14(11)21-17-9-16-15(10-20-17)22-18(24)23(16)13-4-2-3-5-13/h6-10,13H,2-5H2,1H3,(H,20,21)(H,22,24). The zero-order valence-electron chi connectivity index (χ0n) is 13.5. The van der Waals surface area contributed by atoms with E-state index in [0.717, 1.165) is 35.1 Å². The number of H-pyrrole nitrogens is 1. The number of aryl methyl sites for hydroxylation is 1. The summed E-state index contributed by atoms with van der Waals surface area (Å²) in [6, 6.07) is 7.93. The van der Waals surface area contributed by atoms with Crippen molar-refractivity contribution in [3.05, 3.63) is 51.5 Å². The molecule has 1 saturated carbocycles. The zero-order valence-corrected chi connectivity index (χ0v) is 14.2. The Morgan fingerprint density at radius 3 is 2.88 bits per heavy atom. The highest BCUT2D eigenvalue weighted by Crippen LogP contribution is 2.31. The van der Waals surface area contributed by atoms with Crippen molar-refractivity contribution in [1.29, 1.82) is 0 Å². The molecule has 1 aliphatic carbocycles. The summed E-state index contributed by atoms with van der Waals surface area (Å²) < 4.78 is 1.89. The molecule has 0 atom stereocenters. The Kier molecular flexibility index (Phi) is 3.81. The number of nitrogens with zero attached hydrogens (tertiary/aromatic N) is 2. The molecule has 0 radical (unpaired) electrons. The van der Waals surface area contributed by atoms with E-state index in [0.29, 0.717) is 10.8 Å². The van der Waals surface area contributed by atoms with Crippen LogP contribution in [0.3, 0.4) is 0 Å². The van der Waals surface area contributed by atoms with Gasteiger partial charge in [0, 0.05) is 22.8 Å². The summed E-state index contributed by atoms with van der Waals surface area (Å²) in [6.45, 7) is 2.02. The predicted molar refractivity (Wildman–Crippen MR) is 97.3 cm³/mol. The molecule has 3 aromatic rings. The van der Waals surface area contributed by atoms with Gasteiger partial charge in [-0.15, -0.1) is 0 Å². The van der Waals surface area contributed by atoms with Crippen molar-refractivity contribution in [2.24, 2.45) is 0 Å². The lowest BCUT2D eigenvalue weighted by Gasteiger charge is -2.13. The number of aromatic amines is 1. The van der Waals surface area contributed by atoms with Crippen LogP contribution >= 0.6 is 11.6 Å². The monoisotopic (exact) mass is 342 g/mol. The third-order valence-corrected chi connectivity index (χ3v) is 4.99. The van der Waals surface area contributed by atoms with Gasteiger partial charge in [0.15, 0.2) is 0 Å². The summed E-state index contributed by atoms with van der Waals surface area (Å²) in [5, 5.41) is 3.98. The molecule has 2 heterocycles. The lowest BCUT2D eigenvalue weighted by Crippen LogP contribution is -2.20. The Morgan fingerprint density at radius 1 is 1.29 bits per heavy atom. The first-order chi connectivity index (χ1) is 11.6. The highest BCUT2D eigenvalue weighted by Gasteiger charge is 2.21. The molecule has 6 heteroatoms. The molecule has 4 rings (SSSR count). The van der Waals surface area contributed by atoms with E-state index in [1.807, 2.05) is 35.8 Å². The summed E-state index contributed by atoms with van der Waals surface area (Å²) in [6.07, 6.45) is 6.20. The van der Waals surface area contributed by atoms with E-state index in [2.05, 4.69) is 15.3 Å². The van der Waals surface area contributed by atoms with E-state index < -0.39 is 0 Å². The highest BCUT2D eigenvalue weighted by molar-refractivity contribution is 6.30. The van der Waals surface area contributed by atoms with Gasteiger partial charge in [0.1, 0.15) is 5.82 Å². The molecule has 1 aromatic carbocycles. The fraction of sp³-hybridized carbons (Fsp3) is 0.333. The van der Waals surface area contributed by atoms with Crippen molar-refractivity contribution in [3.8, 4) is 0 Å². The average Bonchev–Trinajstić information content (AvgIpc) is 3.17. The number of aromatic nitrogens is 3. The first-order valence-corrected chi connectivity index (χ1v) is 8.63. The first kappa shape index (κ1) is 15.3. The zero-order chi connectivity index (χ0) is 16.7. The van der Waals surface area contributed by atoms with Crippen LogP contribution in [0.4, 0.5) is 11.5 Å². The van der Waals surface area contributed by atoms with Crippen molar-refractivity contribution in [2.45, 2.75) is 38.6 Å². The van der Waals surface area contributed by atoms with Crippen LogP contribution in [0.5, 0.6) is 0 Å². The summed E-state index contributed by atoms with van der Waals surface area (Å²) in [5.41, 5.74) is 3.64.